The minimum Gasteiger partial charge on any atom is -0.384 e. The molecule has 2 saturated heterocycles. The van der Waals surface area contributed by atoms with Crippen LogP contribution in [0, 0.1) is 23.5 Å². The molecule has 2 unspecified atom stereocenters. The fraction of sp³-hybridized carbons (Fsp3) is 0.375. The Hall–Kier alpha value is -3.53. The Balaban J connectivity index is 1.34. The van der Waals surface area contributed by atoms with Crippen LogP contribution >= 0.6 is 0 Å². The maximum atomic E-state index is 14.8. The molecule has 1 amide bonds. The second kappa shape index (κ2) is 8.35. The third-order valence-electron chi connectivity index (χ3n) is 6.40. The smallest absolute Gasteiger partial charge is 0.257 e. The lowest BCUT2D eigenvalue weighted by Gasteiger charge is -2.24. The van der Waals surface area contributed by atoms with Gasteiger partial charge < -0.3 is 14.9 Å². The molecule has 10 heteroatoms. The van der Waals surface area contributed by atoms with E-state index in [1.54, 1.807) is 35.5 Å². The molecule has 2 aliphatic rings. The highest BCUT2D eigenvalue weighted by Gasteiger charge is 2.43. The number of rotatable bonds is 4. The molecule has 2 fully saturated rings. The molecule has 8 nitrogen and oxygen atoms in total. The van der Waals surface area contributed by atoms with Crippen LogP contribution in [0.5, 0.6) is 0 Å². The van der Waals surface area contributed by atoms with E-state index >= 15 is 0 Å². The molecular weight excluding hydrogens is 442 g/mol. The summed E-state index contributed by atoms with van der Waals surface area (Å²) in [5.41, 5.74) is -1.15. The fourth-order valence-corrected chi connectivity index (χ4v) is 4.79. The van der Waals surface area contributed by atoms with Gasteiger partial charge in [0.15, 0.2) is 11.6 Å². The Morgan fingerprint density at radius 3 is 2.32 bits per heavy atom. The highest BCUT2D eigenvalue weighted by Crippen LogP contribution is 2.35. The van der Waals surface area contributed by atoms with E-state index in [1.807, 2.05) is 4.90 Å². The lowest BCUT2D eigenvalue weighted by atomic mass is 10.0. The summed E-state index contributed by atoms with van der Waals surface area (Å²) in [5, 5.41) is 10.2. The van der Waals surface area contributed by atoms with Gasteiger partial charge in [-0.25, -0.2) is 28.7 Å². The van der Waals surface area contributed by atoms with Crippen LogP contribution in [0.4, 0.5) is 14.7 Å². The van der Waals surface area contributed by atoms with Gasteiger partial charge in [-0.3, -0.25) is 4.79 Å². The minimum atomic E-state index is -1.43. The number of hydrogen-bond donors (Lipinski definition) is 1. The summed E-state index contributed by atoms with van der Waals surface area (Å²) in [7, 11) is 0. The monoisotopic (exact) mass is 466 g/mol. The quantitative estimate of drug-likeness (QED) is 0.632. The fourth-order valence-electron chi connectivity index (χ4n) is 4.79. The number of amides is 1. The molecule has 0 aliphatic carbocycles. The van der Waals surface area contributed by atoms with Crippen molar-refractivity contribution >= 4 is 11.9 Å². The standard InChI is InChI=1S/C24H24F2N6O2/c1-24(2,34)20-18(26)9-29-23(30-20)32-12-14-10-31(11-15(14)13-32)22(33)19-16(5-3-6-17(19)25)21-27-7-4-8-28-21/h3-9,14-15,34H,10-13H2,1-2H3. The third-order valence-corrected chi connectivity index (χ3v) is 6.40. The summed E-state index contributed by atoms with van der Waals surface area (Å²) in [6.45, 7) is 5.03. The summed E-state index contributed by atoms with van der Waals surface area (Å²) in [5.74, 6) is -0.708. The molecule has 34 heavy (non-hydrogen) atoms. The number of anilines is 1. The predicted octanol–water partition coefficient (Wildman–Crippen LogP) is 2.65. The average molecular weight is 466 g/mol. The van der Waals surface area contributed by atoms with Gasteiger partial charge in [-0.1, -0.05) is 12.1 Å². The van der Waals surface area contributed by atoms with Crippen molar-refractivity contribution in [3.8, 4) is 11.4 Å². The van der Waals surface area contributed by atoms with Crippen LogP contribution in [-0.2, 0) is 5.60 Å². The van der Waals surface area contributed by atoms with Crippen molar-refractivity contribution in [3.63, 3.8) is 0 Å². The van der Waals surface area contributed by atoms with E-state index in [-0.39, 0.29) is 29.0 Å². The first-order valence-corrected chi connectivity index (χ1v) is 11.1. The van der Waals surface area contributed by atoms with E-state index < -0.39 is 17.2 Å². The molecule has 1 N–H and O–H groups in total. The second-order valence-corrected chi connectivity index (χ2v) is 9.30. The number of aliphatic hydroxyl groups is 1. The van der Waals surface area contributed by atoms with Gasteiger partial charge >= 0.3 is 0 Å². The molecule has 2 atom stereocenters. The van der Waals surface area contributed by atoms with Gasteiger partial charge in [0.05, 0.1) is 11.8 Å². The maximum Gasteiger partial charge on any atom is 0.257 e. The molecule has 2 aromatic heterocycles. The Bertz CT molecular complexity index is 1220. The molecular formula is C24H24F2N6O2. The third kappa shape index (κ3) is 3.98. The van der Waals surface area contributed by atoms with Crippen LogP contribution in [0.15, 0.2) is 42.9 Å². The van der Waals surface area contributed by atoms with Crippen molar-refractivity contribution in [1.82, 2.24) is 24.8 Å². The molecule has 2 aliphatic heterocycles. The van der Waals surface area contributed by atoms with Crippen molar-refractivity contribution < 1.29 is 18.7 Å². The van der Waals surface area contributed by atoms with Gasteiger partial charge in [-0.15, -0.1) is 0 Å². The Morgan fingerprint density at radius 2 is 1.68 bits per heavy atom. The van der Waals surface area contributed by atoms with Gasteiger partial charge in [-0.05, 0) is 26.0 Å². The van der Waals surface area contributed by atoms with Gasteiger partial charge in [0.25, 0.3) is 5.91 Å². The zero-order valence-electron chi connectivity index (χ0n) is 18.8. The van der Waals surface area contributed by atoms with Crippen LogP contribution in [0.1, 0.15) is 29.9 Å². The largest absolute Gasteiger partial charge is 0.384 e. The normalized spacial score (nSPS) is 20.0. The second-order valence-electron chi connectivity index (χ2n) is 9.30. The number of likely N-dealkylation sites (tertiary alicyclic amines) is 1. The number of aromatic nitrogens is 4. The lowest BCUT2D eigenvalue weighted by Crippen LogP contribution is -2.34. The molecule has 0 bridgehead atoms. The van der Waals surface area contributed by atoms with E-state index in [2.05, 4.69) is 19.9 Å². The highest BCUT2D eigenvalue weighted by molar-refractivity contribution is 6.00. The molecule has 1 aromatic carbocycles. The SMILES string of the molecule is CC(C)(O)c1nc(N2CC3CN(C(=O)c4c(F)cccc4-c4ncccn4)CC3C2)ncc1F. The highest BCUT2D eigenvalue weighted by atomic mass is 19.1. The summed E-state index contributed by atoms with van der Waals surface area (Å²) in [4.78, 5) is 33.7. The van der Waals surface area contributed by atoms with Crippen LogP contribution in [0.2, 0.25) is 0 Å². The van der Waals surface area contributed by atoms with Crippen molar-refractivity contribution in [3.05, 3.63) is 65.7 Å². The van der Waals surface area contributed by atoms with Crippen LogP contribution in [-0.4, -0.2) is 62.0 Å². The van der Waals surface area contributed by atoms with E-state index in [4.69, 9.17) is 0 Å². The number of carbonyl (C=O) groups excluding carboxylic acids is 1. The summed E-state index contributed by atoms with van der Waals surface area (Å²) >= 11 is 0. The van der Waals surface area contributed by atoms with Gasteiger partial charge in [-0.2, -0.15) is 0 Å². The average Bonchev–Trinajstić information content (AvgIpc) is 3.38. The van der Waals surface area contributed by atoms with Crippen molar-refractivity contribution in [2.45, 2.75) is 19.4 Å². The maximum absolute atomic E-state index is 14.8. The molecule has 0 saturated carbocycles. The summed E-state index contributed by atoms with van der Waals surface area (Å²) < 4.78 is 28.9. The zero-order chi connectivity index (χ0) is 24.0. The number of nitrogens with zero attached hydrogens (tertiary/aromatic N) is 6. The number of fused-ring (bicyclic) bond motifs is 1. The molecule has 0 radical (unpaired) electrons. The first-order valence-electron chi connectivity index (χ1n) is 11.1. The molecule has 176 valence electrons. The first-order chi connectivity index (χ1) is 16.2. The number of halogens is 2. The van der Waals surface area contributed by atoms with E-state index in [9.17, 15) is 18.7 Å². The summed E-state index contributed by atoms with van der Waals surface area (Å²) in [6, 6.07) is 6.12. The van der Waals surface area contributed by atoms with Crippen LogP contribution in [0.25, 0.3) is 11.4 Å². The minimum absolute atomic E-state index is 0.0257. The summed E-state index contributed by atoms with van der Waals surface area (Å²) in [6.07, 6.45) is 4.18. The lowest BCUT2D eigenvalue weighted by molar-refractivity contribution is 0.0692. The van der Waals surface area contributed by atoms with Gasteiger partial charge in [0.2, 0.25) is 5.95 Å². The molecule has 0 spiro atoms. The zero-order valence-corrected chi connectivity index (χ0v) is 18.8. The van der Waals surface area contributed by atoms with E-state index in [0.29, 0.717) is 43.5 Å². The van der Waals surface area contributed by atoms with Crippen LogP contribution < -0.4 is 4.90 Å². The predicted molar refractivity (Wildman–Crippen MR) is 120 cm³/mol. The Labute approximate surface area is 195 Å². The first kappa shape index (κ1) is 22.3. The van der Waals surface area contributed by atoms with E-state index in [1.165, 1.54) is 19.9 Å². The van der Waals surface area contributed by atoms with Crippen molar-refractivity contribution in [2.24, 2.45) is 11.8 Å². The van der Waals surface area contributed by atoms with Gasteiger partial charge in [0, 0.05) is 56.0 Å². The Morgan fingerprint density at radius 1 is 1.00 bits per heavy atom. The van der Waals surface area contributed by atoms with Gasteiger partial charge in [0.1, 0.15) is 17.1 Å². The van der Waals surface area contributed by atoms with E-state index in [0.717, 1.165) is 6.20 Å². The van der Waals surface area contributed by atoms with Crippen molar-refractivity contribution in [2.75, 3.05) is 31.1 Å². The molecule has 3 aromatic rings. The van der Waals surface area contributed by atoms with Crippen LogP contribution in [0.3, 0.4) is 0 Å². The van der Waals surface area contributed by atoms with Crippen molar-refractivity contribution in [1.29, 1.82) is 0 Å². The molecule has 5 rings (SSSR count). The topological polar surface area (TPSA) is 95.3 Å². The number of hydrogen-bond acceptors (Lipinski definition) is 7. The Kier molecular flexibility index (Phi) is 5.47. The number of carbonyl (C=O) groups is 1. The number of benzene rings is 1. The molecule has 4 heterocycles.